The zero-order valence-corrected chi connectivity index (χ0v) is 16.4. The van der Waals surface area contributed by atoms with E-state index in [0.29, 0.717) is 16.9 Å². The fraction of sp³-hybridized carbons (Fsp3) is 0.261. The first kappa shape index (κ1) is 18.9. The second-order valence-corrected chi connectivity index (χ2v) is 7.17. The lowest BCUT2D eigenvalue weighted by Crippen LogP contribution is -2.19. The zero-order valence-electron chi connectivity index (χ0n) is 16.4. The van der Waals surface area contributed by atoms with Crippen LogP contribution in [0.1, 0.15) is 45.8 Å². The van der Waals surface area contributed by atoms with Gasteiger partial charge in [0.25, 0.3) is 11.8 Å². The van der Waals surface area contributed by atoms with Crippen LogP contribution in [0.5, 0.6) is 0 Å². The number of rotatable bonds is 4. The molecular formula is C23H24N4O2. The molecule has 1 aliphatic heterocycles. The summed E-state index contributed by atoms with van der Waals surface area (Å²) in [6, 6.07) is 16.9. The van der Waals surface area contributed by atoms with Crippen molar-refractivity contribution in [1.82, 2.24) is 14.9 Å². The Kier molecular flexibility index (Phi) is 5.42. The van der Waals surface area contributed by atoms with Crippen molar-refractivity contribution in [2.24, 2.45) is 0 Å². The molecule has 0 saturated carbocycles. The SMILES string of the molecule is CNC(=O)c1cccc(NC(=O)c2nc(-c3ccccc3)n3c2CCCCC3)c1. The summed E-state index contributed by atoms with van der Waals surface area (Å²) in [5, 5.41) is 5.51. The fourth-order valence-corrected chi connectivity index (χ4v) is 3.78. The van der Waals surface area contributed by atoms with Crippen molar-refractivity contribution in [2.45, 2.75) is 32.2 Å². The molecule has 0 aliphatic carbocycles. The molecule has 0 spiro atoms. The molecular weight excluding hydrogens is 364 g/mol. The number of hydrogen-bond donors (Lipinski definition) is 2. The molecule has 4 rings (SSSR count). The van der Waals surface area contributed by atoms with Gasteiger partial charge in [-0.05, 0) is 37.5 Å². The van der Waals surface area contributed by atoms with Gasteiger partial charge in [-0.3, -0.25) is 9.59 Å². The van der Waals surface area contributed by atoms with E-state index in [2.05, 4.69) is 15.2 Å². The highest BCUT2D eigenvalue weighted by Crippen LogP contribution is 2.27. The number of amides is 2. The van der Waals surface area contributed by atoms with Crippen LogP contribution in [-0.2, 0) is 13.0 Å². The van der Waals surface area contributed by atoms with E-state index in [4.69, 9.17) is 4.98 Å². The molecule has 2 aromatic carbocycles. The highest BCUT2D eigenvalue weighted by atomic mass is 16.2. The average molecular weight is 388 g/mol. The molecule has 148 valence electrons. The number of carbonyl (C=O) groups excluding carboxylic acids is 2. The smallest absolute Gasteiger partial charge is 0.276 e. The minimum atomic E-state index is -0.244. The molecule has 29 heavy (non-hydrogen) atoms. The summed E-state index contributed by atoms with van der Waals surface area (Å²) in [6.07, 6.45) is 4.11. The highest BCUT2D eigenvalue weighted by molar-refractivity contribution is 6.05. The van der Waals surface area contributed by atoms with E-state index in [-0.39, 0.29) is 11.8 Å². The van der Waals surface area contributed by atoms with Gasteiger partial charge in [-0.25, -0.2) is 4.98 Å². The summed E-state index contributed by atoms with van der Waals surface area (Å²) >= 11 is 0. The maximum absolute atomic E-state index is 13.1. The van der Waals surface area contributed by atoms with Crippen LogP contribution in [0.4, 0.5) is 5.69 Å². The summed E-state index contributed by atoms with van der Waals surface area (Å²) in [4.78, 5) is 29.7. The number of imidazole rings is 1. The van der Waals surface area contributed by atoms with Gasteiger partial charge in [0.2, 0.25) is 0 Å². The molecule has 3 aromatic rings. The number of benzene rings is 2. The van der Waals surface area contributed by atoms with Crippen molar-refractivity contribution in [3.8, 4) is 11.4 Å². The van der Waals surface area contributed by atoms with Gasteiger partial charge in [-0.2, -0.15) is 0 Å². The number of hydrogen-bond acceptors (Lipinski definition) is 3. The highest BCUT2D eigenvalue weighted by Gasteiger charge is 2.24. The first-order valence-corrected chi connectivity index (χ1v) is 9.95. The Morgan fingerprint density at radius 1 is 0.966 bits per heavy atom. The standard InChI is InChI=1S/C23H24N4O2/c1-24-22(28)17-11-8-12-18(15-17)25-23(29)20-19-13-6-3-7-14-27(19)21(26-20)16-9-4-2-5-10-16/h2,4-5,8-12,15H,3,6-7,13-14H2,1H3,(H,24,28)(H,25,29). The predicted octanol–water partition coefficient (Wildman–Crippen LogP) is 3.89. The van der Waals surface area contributed by atoms with Crippen molar-refractivity contribution in [3.63, 3.8) is 0 Å². The maximum atomic E-state index is 13.1. The normalized spacial score (nSPS) is 13.3. The molecule has 2 N–H and O–H groups in total. The summed E-state index contributed by atoms with van der Waals surface area (Å²) in [5.41, 5.74) is 3.54. The van der Waals surface area contributed by atoms with Crippen LogP contribution >= 0.6 is 0 Å². The van der Waals surface area contributed by atoms with E-state index < -0.39 is 0 Å². The summed E-state index contributed by atoms with van der Waals surface area (Å²) in [5.74, 6) is 0.405. The Balaban J connectivity index is 1.69. The summed E-state index contributed by atoms with van der Waals surface area (Å²) < 4.78 is 2.19. The Bertz CT molecular complexity index is 1040. The third-order valence-corrected chi connectivity index (χ3v) is 5.22. The van der Waals surface area contributed by atoms with Gasteiger partial charge >= 0.3 is 0 Å². The van der Waals surface area contributed by atoms with Crippen molar-refractivity contribution in [2.75, 3.05) is 12.4 Å². The maximum Gasteiger partial charge on any atom is 0.276 e. The van der Waals surface area contributed by atoms with E-state index in [0.717, 1.165) is 49.3 Å². The molecule has 2 amide bonds. The topological polar surface area (TPSA) is 76.0 Å². The van der Waals surface area contributed by atoms with Crippen LogP contribution in [0.15, 0.2) is 54.6 Å². The monoisotopic (exact) mass is 388 g/mol. The second-order valence-electron chi connectivity index (χ2n) is 7.17. The van der Waals surface area contributed by atoms with E-state index in [1.807, 2.05) is 30.3 Å². The molecule has 6 heteroatoms. The van der Waals surface area contributed by atoms with Crippen LogP contribution in [0, 0.1) is 0 Å². The van der Waals surface area contributed by atoms with E-state index in [9.17, 15) is 9.59 Å². The quantitative estimate of drug-likeness (QED) is 0.712. The summed E-state index contributed by atoms with van der Waals surface area (Å²) in [7, 11) is 1.58. The van der Waals surface area contributed by atoms with Crippen LogP contribution in [0.2, 0.25) is 0 Å². The van der Waals surface area contributed by atoms with Gasteiger partial charge in [0.15, 0.2) is 0 Å². The third kappa shape index (κ3) is 3.92. The lowest BCUT2D eigenvalue weighted by Gasteiger charge is -2.09. The first-order chi connectivity index (χ1) is 14.2. The molecule has 2 heterocycles. The van der Waals surface area contributed by atoms with E-state index >= 15 is 0 Å². The molecule has 6 nitrogen and oxygen atoms in total. The number of anilines is 1. The van der Waals surface area contributed by atoms with Crippen LogP contribution in [-0.4, -0.2) is 28.4 Å². The number of aromatic nitrogens is 2. The minimum Gasteiger partial charge on any atom is -0.355 e. The van der Waals surface area contributed by atoms with Gasteiger partial charge < -0.3 is 15.2 Å². The Morgan fingerprint density at radius 3 is 2.59 bits per heavy atom. The predicted molar refractivity (Wildman–Crippen MR) is 113 cm³/mol. The third-order valence-electron chi connectivity index (χ3n) is 5.22. The van der Waals surface area contributed by atoms with Crippen molar-refractivity contribution in [3.05, 3.63) is 71.5 Å². The molecule has 0 saturated heterocycles. The zero-order chi connectivity index (χ0) is 20.2. The molecule has 1 aliphatic rings. The van der Waals surface area contributed by atoms with Crippen LogP contribution in [0.3, 0.4) is 0 Å². The van der Waals surface area contributed by atoms with Crippen molar-refractivity contribution >= 4 is 17.5 Å². The molecule has 0 radical (unpaired) electrons. The van der Waals surface area contributed by atoms with Crippen LogP contribution < -0.4 is 10.6 Å². The van der Waals surface area contributed by atoms with Crippen molar-refractivity contribution in [1.29, 1.82) is 0 Å². The molecule has 0 atom stereocenters. The molecule has 0 bridgehead atoms. The van der Waals surface area contributed by atoms with Crippen LogP contribution in [0.25, 0.3) is 11.4 Å². The summed E-state index contributed by atoms with van der Waals surface area (Å²) in [6.45, 7) is 0.867. The first-order valence-electron chi connectivity index (χ1n) is 9.95. The lowest BCUT2D eigenvalue weighted by molar-refractivity contribution is 0.0961. The molecule has 0 unspecified atom stereocenters. The molecule has 0 fully saturated rings. The van der Waals surface area contributed by atoms with Gasteiger partial charge in [0.1, 0.15) is 11.5 Å². The van der Waals surface area contributed by atoms with Gasteiger partial charge in [0, 0.05) is 30.4 Å². The van der Waals surface area contributed by atoms with Gasteiger partial charge in [0.05, 0.1) is 5.69 Å². The Morgan fingerprint density at radius 2 is 1.79 bits per heavy atom. The number of nitrogens with one attached hydrogen (secondary N) is 2. The largest absolute Gasteiger partial charge is 0.355 e. The molecule has 1 aromatic heterocycles. The second kappa shape index (κ2) is 8.31. The number of nitrogens with zero attached hydrogens (tertiary/aromatic N) is 2. The van der Waals surface area contributed by atoms with Crippen molar-refractivity contribution < 1.29 is 9.59 Å². The van der Waals surface area contributed by atoms with Gasteiger partial charge in [-0.15, -0.1) is 0 Å². The average Bonchev–Trinajstić information content (AvgIpc) is 2.95. The minimum absolute atomic E-state index is 0.191. The number of fused-ring (bicyclic) bond motifs is 1. The Labute approximate surface area is 170 Å². The van der Waals surface area contributed by atoms with E-state index in [1.165, 1.54) is 0 Å². The lowest BCUT2D eigenvalue weighted by atomic mass is 10.1. The number of carbonyl (C=O) groups is 2. The Hall–Kier alpha value is -3.41. The van der Waals surface area contributed by atoms with Gasteiger partial charge in [-0.1, -0.05) is 42.8 Å². The van der Waals surface area contributed by atoms with E-state index in [1.54, 1.807) is 31.3 Å². The fourth-order valence-electron chi connectivity index (χ4n) is 3.78.